The molecule has 2 aliphatic heterocycles. The fourth-order valence-corrected chi connectivity index (χ4v) is 8.27. The third-order valence-electron chi connectivity index (χ3n) is 11.2. The van der Waals surface area contributed by atoms with Crippen molar-refractivity contribution in [2.24, 2.45) is 9.98 Å². The molecule has 2 heterocycles. The van der Waals surface area contributed by atoms with Gasteiger partial charge in [0.1, 0.15) is 35.3 Å². The molecule has 0 radical (unpaired) electrons. The average Bonchev–Trinajstić information content (AvgIpc) is 3.93. The second-order valence-electron chi connectivity index (χ2n) is 14.7. The van der Waals surface area contributed by atoms with Gasteiger partial charge in [-0.25, -0.2) is 0 Å². The molecule has 60 heavy (non-hydrogen) atoms. The molecular formula is C52H42N4O4. The first kappa shape index (κ1) is 38.0. The Kier molecular flexibility index (Phi) is 10.6. The molecular weight excluding hydrogens is 745 g/mol. The molecule has 294 valence electrons. The van der Waals surface area contributed by atoms with Crippen LogP contribution in [0.2, 0.25) is 0 Å². The molecule has 8 nitrogen and oxygen atoms in total. The smallest absolute Gasteiger partial charge is 0.260 e. The van der Waals surface area contributed by atoms with Crippen molar-refractivity contribution in [3.8, 4) is 11.5 Å². The lowest BCUT2D eigenvalue weighted by Gasteiger charge is -2.30. The molecule has 0 saturated carbocycles. The van der Waals surface area contributed by atoms with Crippen molar-refractivity contribution in [3.63, 3.8) is 0 Å². The second-order valence-corrected chi connectivity index (χ2v) is 14.7. The number of ether oxygens (including phenoxy) is 2. The van der Waals surface area contributed by atoms with E-state index in [1.165, 1.54) is 0 Å². The molecule has 4 atom stereocenters. The van der Waals surface area contributed by atoms with Crippen LogP contribution in [0, 0.1) is 0 Å². The molecule has 0 N–H and O–H groups in total. The molecule has 7 aromatic rings. The summed E-state index contributed by atoms with van der Waals surface area (Å²) in [4.78, 5) is 44.5. The maximum atomic E-state index is 15.0. The van der Waals surface area contributed by atoms with Crippen molar-refractivity contribution in [2.75, 3.05) is 14.2 Å². The van der Waals surface area contributed by atoms with Crippen LogP contribution in [0.25, 0.3) is 0 Å². The highest BCUT2D eigenvalue weighted by molar-refractivity contribution is 6.17. The first-order chi connectivity index (χ1) is 29.5. The van der Waals surface area contributed by atoms with E-state index in [0.29, 0.717) is 45.4 Å². The zero-order chi connectivity index (χ0) is 41.0. The molecule has 7 aromatic carbocycles. The van der Waals surface area contributed by atoms with Gasteiger partial charge in [-0.3, -0.25) is 29.4 Å². The molecule has 0 aromatic heterocycles. The zero-order valence-electron chi connectivity index (χ0n) is 33.2. The summed E-state index contributed by atoms with van der Waals surface area (Å²) < 4.78 is 10.9. The topological polar surface area (TPSA) is 83.8 Å². The highest BCUT2D eigenvalue weighted by Gasteiger charge is 2.45. The molecule has 2 aliphatic rings. The van der Waals surface area contributed by atoms with Gasteiger partial charge in [-0.1, -0.05) is 140 Å². The molecule has 8 heteroatoms. The molecule has 0 saturated heterocycles. The predicted molar refractivity (Wildman–Crippen MR) is 235 cm³/mol. The fraction of sp³-hybridized carbons (Fsp3) is 0.115. The van der Waals surface area contributed by atoms with E-state index in [0.717, 1.165) is 22.3 Å². The summed E-state index contributed by atoms with van der Waals surface area (Å²) in [6.45, 7) is 0. The van der Waals surface area contributed by atoms with E-state index >= 15 is 0 Å². The van der Waals surface area contributed by atoms with E-state index in [1.807, 2.05) is 131 Å². The van der Waals surface area contributed by atoms with Gasteiger partial charge in [0.2, 0.25) is 0 Å². The van der Waals surface area contributed by atoms with Crippen molar-refractivity contribution in [1.29, 1.82) is 0 Å². The summed E-state index contributed by atoms with van der Waals surface area (Å²) in [6.07, 6.45) is 0. The van der Waals surface area contributed by atoms with Gasteiger partial charge in [-0.15, -0.1) is 0 Å². The van der Waals surface area contributed by atoms with Gasteiger partial charge in [0.15, 0.2) is 0 Å². The summed E-state index contributed by atoms with van der Waals surface area (Å²) in [7, 11) is 3.21. The number of carbonyl (C=O) groups is 2. The Labute approximate surface area is 349 Å². The van der Waals surface area contributed by atoms with Crippen molar-refractivity contribution in [2.45, 2.75) is 24.2 Å². The van der Waals surface area contributed by atoms with Crippen molar-refractivity contribution in [3.05, 3.63) is 239 Å². The van der Waals surface area contributed by atoms with Gasteiger partial charge >= 0.3 is 0 Å². The van der Waals surface area contributed by atoms with Crippen LogP contribution in [-0.4, -0.2) is 47.5 Å². The number of rotatable bonds is 10. The van der Waals surface area contributed by atoms with Crippen LogP contribution in [0.1, 0.15) is 78.3 Å². The van der Waals surface area contributed by atoms with Crippen LogP contribution in [-0.2, 0) is 0 Å². The maximum absolute atomic E-state index is 15.0. The van der Waals surface area contributed by atoms with Crippen molar-refractivity contribution >= 4 is 23.5 Å². The number of hydrogen-bond acceptors (Lipinski definition) is 6. The number of benzene rings is 7. The lowest BCUT2D eigenvalue weighted by molar-refractivity contribution is 0.0797. The van der Waals surface area contributed by atoms with E-state index in [1.54, 1.807) is 62.8 Å². The van der Waals surface area contributed by atoms with E-state index in [2.05, 4.69) is 24.3 Å². The SMILES string of the molecule is COc1ccc(C(=O)N2C(c3cccc(C4=N[C@@H](c5ccccc5)[C@H](c5ccccc5)N4C(=O)c4ccc(OC)cc4)c3)=N[C@@H](c3ccccc3)[C@@H]2c2ccccc2)cc1. The van der Waals surface area contributed by atoms with Gasteiger partial charge < -0.3 is 9.47 Å². The van der Waals surface area contributed by atoms with E-state index in [4.69, 9.17) is 19.5 Å². The third-order valence-corrected chi connectivity index (χ3v) is 11.2. The van der Waals surface area contributed by atoms with Crippen LogP contribution < -0.4 is 9.47 Å². The Balaban J connectivity index is 1.21. The summed E-state index contributed by atoms with van der Waals surface area (Å²) in [5, 5.41) is 0. The largest absolute Gasteiger partial charge is 0.497 e. The van der Waals surface area contributed by atoms with E-state index in [-0.39, 0.29) is 11.8 Å². The lowest BCUT2D eigenvalue weighted by atomic mass is 9.93. The number of hydrogen-bond donors (Lipinski definition) is 0. The quantitative estimate of drug-likeness (QED) is 0.138. The van der Waals surface area contributed by atoms with E-state index < -0.39 is 24.2 Å². The number of methoxy groups -OCH3 is 2. The zero-order valence-corrected chi connectivity index (χ0v) is 33.2. The van der Waals surface area contributed by atoms with Crippen molar-refractivity contribution < 1.29 is 19.1 Å². The highest BCUT2D eigenvalue weighted by atomic mass is 16.5. The summed E-state index contributed by atoms with van der Waals surface area (Å²) in [5.74, 6) is 1.96. The molecule has 9 rings (SSSR count). The Hall–Kier alpha value is -7.58. The first-order valence-electron chi connectivity index (χ1n) is 19.9. The second kappa shape index (κ2) is 16.7. The summed E-state index contributed by atoms with van der Waals surface area (Å²) in [5.41, 5.74) is 6.31. The van der Waals surface area contributed by atoms with Crippen LogP contribution >= 0.6 is 0 Å². The van der Waals surface area contributed by atoms with Crippen LogP contribution in [0.3, 0.4) is 0 Å². The van der Waals surface area contributed by atoms with Crippen molar-refractivity contribution in [1.82, 2.24) is 9.80 Å². The minimum atomic E-state index is -0.455. The number of amidine groups is 2. The first-order valence-corrected chi connectivity index (χ1v) is 19.9. The molecule has 0 aliphatic carbocycles. The van der Waals surface area contributed by atoms with Gasteiger partial charge in [-0.2, -0.15) is 0 Å². The Bertz CT molecular complexity index is 2490. The van der Waals surface area contributed by atoms with Crippen LogP contribution in [0.5, 0.6) is 11.5 Å². The molecule has 0 unspecified atom stereocenters. The standard InChI is InChI=1S/C52H42N4O4/c1-59-43-30-26-39(27-31-43)51(57)55-47(37-20-11-5-12-21-37)45(35-16-7-3-8-17-35)53-49(55)41-24-15-25-42(34-41)50-54-46(36-18-9-4-10-19-36)48(38-22-13-6-14-23-38)56(50)52(58)40-28-32-44(60-2)33-29-40/h3-34,45-48H,1-2H3/t45-,46-,47-,48-/m0/s1. The normalized spacial score (nSPS) is 18.4. The molecule has 0 bridgehead atoms. The number of amides is 2. The highest BCUT2D eigenvalue weighted by Crippen LogP contribution is 2.46. The third kappa shape index (κ3) is 7.24. The van der Waals surface area contributed by atoms with Gasteiger partial charge in [0.25, 0.3) is 11.8 Å². The monoisotopic (exact) mass is 786 g/mol. The van der Waals surface area contributed by atoms with Gasteiger partial charge in [0.05, 0.1) is 26.3 Å². The maximum Gasteiger partial charge on any atom is 0.260 e. The lowest BCUT2D eigenvalue weighted by Crippen LogP contribution is -2.39. The Morgan fingerprint density at radius 3 is 1.08 bits per heavy atom. The number of carbonyl (C=O) groups excluding carboxylic acids is 2. The number of nitrogens with zero attached hydrogens (tertiary/aromatic N) is 4. The molecule has 2 amide bonds. The van der Waals surface area contributed by atoms with Gasteiger partial charge in [-0.05, 0) is 76.9 Å². The van der Waals surface area contributed by atoms with E-state index in [9.17, 15) is 9.59 Å². The Morgan fingerprint density at radius 2 is 0.750 bits per heavy atom. The average molecular weight is 787 g/mol. The summed E-state index contributed by atoms with van der Waals surface area (Å²) >= 11 is 0. The minimum absolute atomic E-state index is 0.197. The van der Waals surface area contributed by atoms with Crippen LogP contribution in [0.4, 0.5) is 0 Å². The molecule has 0 fully saturated rings. The number of aliphatic imine (C=N–C) groups is 2. The van der Waals surface area contributed by atoms with Gasteiger partial charge in [0, 0.05) is 22.3 Å². The Morgan fingerprint density at radius 1 is 0.417 bits per heavy atom. The predicted octanol–water partition coefficient (Wildman–Crippen LogP) is 10.5. The fourth-order valence-electron chi connectivity index (χ4n) is 8.27. The van der Waals surface area contributed by atoms with Crippen LogP contribution in [0.15, 0.2) is 204 Å². The minimum Gasteiger partial charge on any atom is -0.497 e. The summed E-state index contributed by atoms with van der Waals surface area (Å²) in [6, 6.07) is 60.8. The molecule has 0 spiro atoms.